The summed E-state index contributed by atoms with van der Waals surface area (Å²) in [6.07, 6.45) is 0. The lowest BCUT2D eigenvalue weighted by Crippen LogP contribution is -2.54. The van der Waals surface area contributed by atoms with Crippen molar-refractivity contribution in [3.63, 3.8) is 0 Å². The Morgan fingerprint density at radius 1 is 0.769 bits per heavy atom. The topological polar surface area (TPSA) is 69.6 Å². The predicted octanol–water partition coefficient (Wildman–Crippen LogP) is 3.01. The number of aliphatic carboxylic acids is 1. The van der Waals surface area contributed by atoms with E-state index in [4.69, 9.17) is 0 Å². The summed E-state index contributed by atoms with van der Waals surface area (Å²) in [5, 5.41) is 22.4. The largest absolute Gasteiger partial charge is 0.480 e. The second-order valence-corrected chi connectivity index (χ2v) is 6.07. The van der Waals surface area contributed by atoms with Gasteiger partial charge in [0.1, 0.15) is 6.04 Å². The predicted molar refractivity (Wildman–Crippen MR) is 101 cm³/mol. The molecule has 0 spiro atoms. The fourth-order valence-corrected chi connectivity index (χ4v) is 3.26. The molecule has 0 aliphatic carbocycles. The van der Waals surface area contributed by atoms with Crippen molar-refractivity contribution in [2.75, 3.05) is 6.61 Å². The summed E-state index contributed by atoms with van der Waals surface area (Å²) in [5.41, 5.74) is 1.79. The number of rotatable bonds is 7. The smallest absolute Gasteiger partial charge is 0.323 e. The molecule has 3 aromatic carbocycles. The monoisotopic (exact) mass is 347 g/mol. The summed E-state index contributed by atoms with van der Waals surface area (Å²) >= 11 is 0. The van der Waals surface area contributed by atoms with E-state index in [-0.39, 0.29) is 0 Å². The van der Waals surface area contributed by atoms with Gasteiger partial charge >= 0.3 is 5.97 Å². The number of carboxylic acid groups (broad SMARTS) is 1. The minimum atomic E-state index is -1.12. The molecule has 0 fully saturated rings. The van der Waals surface area contributed by atoms with Crippen molar-refractivity contribution >= 4 is 5.97 Å². The molecule has 26 heavy (non-hydrogen) atoms. The van der Waals surface area contributed by atoms with Crippen LogP contribution in [0.4, 0.5) is 0 Å². The van der Waals surface area contributed by atoms with Gasteiger partial charge in [-0.05, 0) is 16.7 Å². The van der Waals surface area contributed by atoms with Crippen LogP contribution in [0.1, 0.15) is 16.7 Å². The summed E-state index contributed by atoms with van der Waals surface area (Å²) in [6.45, 7) is -0.510. The quantitative estimate of drug-likeness (QED) is 0.575. The van der Waals surface area contributed by atoms with Gasteiger partial charge in [0.25, 0.3) is 0 Å². The van der Waals surface area contributed by atoms with E-state index in [1.54, 1.807) is 0 Å². The average molecular weight is 347 g/mol. The van der Waals surface area contributed by atoms with Gasteiger partial charge in [0.15, 0.2) is 0 Å². The van der Waals surface area contributed by atoms with Crippen LogP contribution in [0.3, 0.4) is 0 Å². The van der Waals surface area contributed by atoms with Crippen molar-refractivity contribution < 1.29 is 15.0 Å². The Labute approximate surface area is 152 Å². The van der Waals surface area contributed by atoms with Gasteiger partial charge in [-0.25, -0.2) is 0 Å². The summed E-state index contributed by atoms with van der Waals surface area (Å²) < 4.78 is 0. The van der Waals surface area contributed by atoms with E-state index in [0.717, 1.165) is 16.7 Å². The van der Waals surface area contributed by atoms with E-state index in [2.05, 4.69) is 5.32 Å². The van der Waals surface area contributed by atoms with Crippen LogP contribution in [-0.2, 0) is 10.3 Å². The van der Waals surface area contributed by atoms with Crippen LogP contribution in [0.15, 0.2) is 91.0 Å². The van der Waals surface area contributed by atoms with E-state index in [0.29, 0.717) is 0 Å². The number of aliphatic hydroxyl groups excluding tert-OH is 1. The van der Waals surface area contributed by atoms with Gasteiger partial charge in [0, 0.05) is 0 Å². The lowest BCUT2D eigenvalue weighted by Gasteiger charge is -2.38. The minimum absolute atomic E-state index is 0.510. The van der Waals surface area contributed by atoms with Crippen molar-refractivity contribution in [1.29, 1.82) is 0 Å². The van der Waals surface area contributed by atoms with E-state index in [1.165, 1.54) is 0 Å². The zero-order valence-corrected chi connectivity index (χ0v) is 14.2. The average Bonchev–Trinajstić information content (AvgIpc) is 2.71. The van der Waals surface area contributed by atoms with E-state index >= 15 is 0 Å². The Bertz CT molecular complexity index is 738. The minimum Gasteiger partial charge on any atom is -0.480 e. The third-order valence-corrected chi connectivity index (χ3v) is 4.49. The maximum Gasteiger partial charge on any atom is 0.323 e. The highest BCUT2D eigenvalue weighted by Gasteiger charge is 2.39. The molecular formula is C22H21NO3. The van der Waals surface area contributed by atoms with Gasteiger partial charge in [0.05, 0.1) is 12.1 Å². The molecule has 0 saturated carbocycles. The van der Waals surface area contributed by atoms with Gasteiger partial charge in [0.2, 0.25) is 0 Å². The molecule has 3 aromatic rings. The number of carboxylic acids is 1. The van der Waals surface area contributed by atoms with E-state index < -0.39 is 24.2 Å². The SMILES string of the molecule is O=C(O)[C@@H](CO)NC(c1ccccc1)(c1ccccc1)c1ccccc1. The number of hydrogen-bond acceptors (Lipinski definition) is 3. The van der Waals surface area contributed by atoms with Crippen LogP contribution in [-0.4, -0.2) is 28.8 Å². The fourth-order valence-electron chi connectivity index (χ4n) is 3.26. The third kappa shape index (κ3) is 3.38. The van der Waals surface area contributed by atoms with Crippen LogP contribution in [0.2, 0.25) is 0 Å². The van der Waals surface area contributed by atoms with Crippen molar-refractivity contribution in [1.82, 2.24) is 5.32 Å². The molecule has 0 saturated heterocycles. The Kier molecular flexibility index (Phi) is 5.46. The van der Waals surface area contributed by atoms with Crippen LogP contribution >= 0.6 is 0 Å². The highest BCUT2D eigenvalue weighted by atomic mass is 16.4. The second kappa shape index (κ2) is 7.95. The van der Waals surface area contributed by atoms with Crippen LogP contribution in [0.5, 0.6) is 0 Å². The zero-order valence-electron chi connectivity index (χ0n) is 14.2. The van der Waals surface area contributed by atoms with Crippen LogP contribution in [0.25, 0.3) is 0 Å². The Morgan fingerprint density at radius 2 is 1.12 bits per heavy atom. The highest BCUT2D eigenvalue weighted by molar-refractivity contribution is 5.74. The molecule has 132 valence electrons. The number of benzene rings is 3. The summed E-state index contributed by atoms with van der Waals surface area (Å²) in [7, 11) is 0. The molecule has 0 unspecified atom stereocenters. The van der Waals surface area contributed by atoms with Gasteiger partial charge in [-0.3, -0.25) is 10.1 Å². The summed E-state index contributed by atoms with van der Waals surface area (Å²) in [6, 6.07) is 28.0. The highest BCUT2D eigenvalue weighted by Crippen LogP contribution is 2.37. The lowest BCUT2D eigenvalue weighted by molar-refractivity contribution is -0.141. The third-order valence-electron chi connectivity index (χ3n) is 4.49. The van der Waals surface area contributed by atoms with Gasteiger partial charge < -0.3 is 10.2 Å². The van der Waals surface area contributed by atoms with Crippen LogP contribution in [0, 0.1) is 0 Å². The first-order valence-electron chi connectivity index (χ1n) is 8.46. The summed E-state index contributed by atoms with van der Waals surface area (Å²) in [4.78, 5) is 11.7. The van der Waals surface area contributed by atoms with Crippen LogP contribution < -0.4 is 5.32 Å². The molecule has 0 radical (unpaired) electrons. The van der Waals surface area contributed by atoms with Gasteiger partial charge in [-0.2, -0.15) is 0 Å². The van der Waals surface area contributed by atoms with E-state index in [9.17, 15) is 15.0 Å². The van der Waals surface area contributed by atoms with E-state index in [1.807, 2.05) is 91.0 Å². The number of aliphatic hydroxyl groups is 1. The van der Waals surface area contributed by atoms with Crippen molar-refractivity contribution in [2.24, 2.45) is 0 Å². The molecule has 0 aliphatic rings. The van der Waals surface area contributed by atoms with Crippen molar-refractivity contribution in [3.05, 3.63) is 108 Å². The molecular weight excluding hydrogens is 326 g/mol. The standard InChI is InChI=1S/C22H21NO3/c24-16-20(21(25)26)23-22(17-10-4-1-5-11-17,18-12-6-2-7-13-18)19-14-8-3-9-15-19/h1-15,20,23-24H,16H2,(H,25,26)/t20-/m1/s1. The Morgan fingerprint density at radius 3 is 1.38 bits per heavy atom. The zero-order chi connectivity index (χ0) is 18.4. The van der Waals surface area contributed by atoms with Crippen molar-refractivity contribution in [2.45, 2.75) is 11.6 Å². The molecule has 0 bridgehead atoms. The summed E-state index contributed by atoms with van der Waals surface area (Å²) in [5.74, 6) is -1.10. The molecule has 4 heteroatoms. The number of nitrogens with one attached hydrogen (secondary N) is 1. The Balaban J connectivity index is 2.29. The molecule has 1 atom stereocenters. The molecule has 0 aromatic heterocycles. The van der Waals surface area contributed by atoms with Crippen molar-refractivity contribution in [3.8, 4) is 0 Å². The molecule has 0 heterocycles. The molecule has 4 nitrogen and oxygen atoms in total. The first-order valence-corrected chi connectivity index (χ1v) is 8.46. The maximum atomic E-state index is 11.7. The number of hydrogen-bond donors (Lipinski definition) is 3. The fraction of sp³-hybridized carbons (Fsp3) is 0.136. The van der Waals surface area contributed by atoms with Gasteiger partial charge in [-0.15, -0.1) is 0 Å². The molecule has 0 amide bonds. The first kappa shape index (κ1) is 17.9. The molecule has 0 aliphatic heterocycles. The molecule has 3 N–H and O–H groups in total. The Hall–Kier alpha value is -2.95. The number of carbonyl (C=O) groups is 1. The first-order chi connectivity index (χ1) is 12.7. The normalized spacial score (nSPS) is 12.5. The second-order valence-electron chi connectivity index (χ2n) is 6.07. The lowest BCUT2D eigenvalue weighted by atomic mass is 9.76. The maximum absolute atomic E-state index is 11.7. The molecule has 3 rings (SSSR count). The van der Waals surface area contributed by atoms with Gasteiger partial charge in [-0.1, -0.05) is 91.0 Å².